The minimum absolute atomic E-state index is 0.150. The van der Waals surface area contributed by atoms with E-state index in [1.54, 1.807) is 24.3 Å². The van der Waals surface area contributed by atoms with Crippen LogP contribution in [0.25, 0.3) is 6.08 Å². The Balaban J connectivity index is 1.91. The number of sulfone groups is 1. The predicted molar refractivity (Wildman–Crippen MR) is 137 cm³/mol. The van der Waals surface area contributed by atoms with Crippen molar-refractivity contribution in [3.05, 3.63) is 104 Å². The van der Waals surface area contributed by atoms with E-state index >= 15 is 0 Å². The van der Waals surface area contributed by atoms with E-state index in [0.29, 0.717) is 11.3 Å². The lowest BCUT2D eigenvalue weighted by molar-refractivity contribution is -0.384. The number of non-ortho nitro benzene ring substituents is 1. The second-order valence-corrected chi connectivity index (χ2v) is 10.7. The van der Waals surface area contributed by atoms with Gasteiger partial charge in [-0.1, -0.05) is 30.3 Å². The van der Waals surface area contributed by atoms with E-state index in [2.05, 4.69) is 0 Å². The molecule has 8 nitrogen and oxygen atoms in total. The summed E-state index contributed by atoms with van der Waals surface area (Å²) in [6, 6.07) is 17.8. The van der Waals surface area contributed by atoms with Crippen LogP contribution in [0.15, 0.2) is 71.6 Å². The molecule has 1 saturated heterocycles. The van der Waals surface area contributed by atoms with E-state index in [4.69, 9.17) is 0 Å². The number of hydrogen-bond donors (Lipinski definition) is 0. The molecule has 0 radical (unpaired) electrons. The highest BCUT2D eigenvalue weighted by atomic mass is 32.2. The van der Waals surface area contributed by atoms with Crippen molar-refractivity contribution in [3.63, 3.8) is 0 Å². The van der Waals surface area contributed by atoms with Crippen LogP contribution in [-0.2, 0) is 14.6 Å². The van der Waals surface area contributed by atoms with Gasteiger partial charge in [-0.25, -0.2) is 8.42 Å². The summed E-state index contributed by atoms with van der Waals surface area (Å²) in [4.78, 5) is 27.2. The molecular weight excluding hydrogens is 466 g/mol. The molecule has 1 amide bonds. The minimum Gasteiger partial charge on any atom is -0.378 e. The summed E-state index contributed by atoms with van der Waals surface area (Å²) >= 11 is 0. The predicted octanol–water partition coefficient (Wildman–Crippen LogP) is 4.78. The van der Waals surface area contributed by atoms with Crippen molar-refractivity contribution in [2.45, 2.75) is 19.2 Å². The number of nitrogens with zero attached hydrogens (tertiary/aromatic N) is 3. The van der Waals surface area contributed by atoms with E-state index in [0.717, 1.165) is 16.8 Å². The molecular formula is C26H25N3O5S. The molecule has 35 heavy (non-hydrogen) atoms. The molecule has 1 atom stereocenters. The molecule has 3 aromatic rings. The van der Waals surface area contributed by atoms with E-state index in [1.807, 2.05) is 51.0 Å². The number of benzene rings is 3. The second kappa shape index (κ2) is 8.99. The first kappa shape index (κ1) is 24.2. The summed E-state index contributed by atoms with van der Waals surface area (Å²) in [6.45, 7) is 3.79. The Hall–Kier alpha value is -3.98. The smallest absolute Gasteiger partial charge is 0.271 e. The molecule has 180 valence electrons. The Morgan fingerprint density at radius 1 is 0.971 bits per heavy atom. The molecule has 4 rings (SSSR count). The van der Waals surface area contributed by atoms with Gasteiger partial charge in [0.1, 0.15) is 4.91 Å². The van der Waals surface area contributed by atoms with Crippen molar-refractivity contribution in [1.29, 1.82) is 0 Å². The van der Waals surface area contributed by atoms with Crippen LogP contribution in [0, 0.1) is 24.0 Å². The van der Waals surface area contributed by atoms with Crippen LogP contribution in [0.3, 0.4) is 0 Å². The zero-order valence-electron chi connectivity index (χ0n) is 19.8. The number of anilines is 2. The van der Waals surface area contributed by atoms with Crippen LogP contribution in [0.5, 0.6) is 0 Å². The first-order valence-corrected chi connectivity index (χ1v) is 12.4. The molecule has 0 spiro atoms. The van der Waals surface area contributed by atoms with Gasteiger partial charge in [-0.15, -0.1) is 0 Å². The summed E-state index contributed by atoms with van der Waals surface area (Å²) in [7, 11) is -0.428. The lowest BCUT2D eigenvalue weighted by Gasteiger charge is -2.24. The topological polar surface area (TPSA) is 101 Å². The maximum Gasteiger partial charge on any atom is 0.271 e. The summed E-state index contributed by atoms with van der Waals surface area (Å²) in [6.07, 6.45) is 1.36. The maximum atomic E-state index is 13.8. The molecule has 0 bridgehead atoms. The number of carbonyl (C=O) groups excluding carboxylic acids is 1. The number of carbonyl (C=O) groups is 1. The lowest BCUT2D eigenvalue weighted by atomic mass is 10.1. The van der Waals surface area contributed by atoms with Crippen LogP contribution in [0.1, 0.15) is 27.6 Å². The SMILES string of the molecule is Cc1ccc(N2C(=O)/C(=C\c3ccc(N(C)C)cc3)S(=O)(=O)C2c2cccc([N+](=O)[O-])c2)cc1C. The molecule has 9 heteroatoms. The second-order valence-electron chi connectivity index (χ2n) is 8.69. The van der Waals surface area contributed by atoms with Crippen molar-refractivity contribution in [3.8, 4) is 0 Å². The van der Waals surface area contributed by atoms with Crippen LogP contribution < -0.4 is 9.80 Å². The average Bonchev–Trinajstić information content (AvgIpc) is 3.01. The Labute approximate surface area is 204 Å². The fraction of sp³-hybridized carbons (Fsp3) is 0.192. The molecule has 0 aromatic heterocycles. The van der Waals surface area contributed by atoms with Gasteiger partial charge in [0.2, 0.25) is 9.84 Å². The van der Waals surface area contributed by atoms with E-state index < -0.39 is 26.0 Å². The van der Waals surface area contributed by atoms with Gasteiger partial charge in [0.05, 0.1) is 4.92 Å². The first-order chi connectivity index (χ1) is 16.5. The standard InChI is InChI=1S/C26H25N3O5S/c1-17-8-11-22(14-18(17)2)28-25(30)24(15-19-9-12-21(13-10-19)27(3)4)35(33,34)26(28)20-6-5-7-23(16-20)29(31)32/h5-16,26H,1-4H3/b24-15+. The van der Waals surface area contributed by atoms with Crippen LogP contribution in [0.2, 0.25) is 0 Å². The van der Waals surface area contributed by atoms with Crippen molar-refractivity contribution in [2.24, 2.45) is 0 Å². The third-order valence-electron chi connectivity index (χ3n) is 6.11. The van der Waals surface area contributed by atoms with Gasteiger partial charge in [-0.2, -0.15) is 0 Å². The summed E-state index contributed by atoms with van der Waals surface area (Å²) in [5.74, 6) is -0.679. The van der Waals surface area contributed by atoms with Crippen molar-refractivity contribution in [1.82, 2.24) is 0 Å². The lowest BCUT2D eigenvalue weighted by Crippen LogP contribution is -2.29. The third kappa shape index (κ3) is 4.42. The largest absolute Gasteiger partial charge is 0.378 e. The van der Waals surface area contributed by atoms with Crippen molar-refractivity contribution >= 4 is 38.9 Å². The van der Waals surface area contributed by atoms with Crippen molar-refractivity contribution < 1.29 is 18.1 Å². The molecule has 1 aliphatic rings. The Morgan fingerprint density at radius 3 is 2.26 bits per heavy atom. The van der Waals surface area contributed by atoms with E-state index in [1.165, 1.54) is 35.2 Å². The number of nitro benzene ring substituents is 1. The fourth-order valence-electron chi connectivity index (χ4n) is 4.02. The van der Waals surface area contributed by atoms with Gasteiger partial charge in [0, 0.05) is 37.6 Å². The Kier molecular flexibility index (Phi) is 6.21. The third-order valence-corrected chi connectivity index (χ3v) is 8.08. The number of hydrogen-bond acceptors (Lipinski definition) is 6. The Morgan fingerprint density at radius 2 is 1.66 bits per heavy atom. The van der Waals surface area contributed by atoms with Gasteiger partial charge in [-0.05, 0) is 66.4 Å². The highest BCUT2D eigenvalue weighted by Gasteiger charge is 2.50. The molecule has 1 heterocycles. The summed E-state index contributed by atoms with van der Waals surface area (Å²) < 4.78 is 27.6. The highest BCUT2D eigenvalue weighted by Crippen LogP contribution is 2.44. The Bertz CT molecular complexity index is 1460. The molecule has 0 saturated carbocycles. The maximum absolute atomic E-state index is 13.8. The zero-order valence-corrected chi connectivity index (χ0v) is 20.6. The number of rotatable bonds is 5. The van der Waals surface area contributed by atoms with E-state index in [-0.39, 0.29) is 16.2 Å². The van der Waals surface area contributed by atoms with E-state index in [9.17, 15) is 23.3 Å². The van der Waals surface area contributed by atoms with Crippen molar-refractivity contribution in [2.75, 3.05) is 23.9 Å². The quantitative estimate of drug-likeness (QED) is 0.289. The first-order valence-electron chi connectivity index (χ1n) is 10.9. The molecule has 0 N–H and O–H groups in total. The van der Waals surface area contributed by atoms with Gasteiger partial charge in [0.25, 0.3) is 11.6 Å². The van der Waals surface area contributed by atoms with Crippen LogP contribution in [0.4, 0.5) is 17.1 Å². The van der Waals surface area contributed by atoms with Gasteiger partial charge in [0.15, 0.2) is 5.37 Å². The van der Waals surface area contributed by atoms with Gasteiger partial charge in [-0.3, -0.25) is 19.8 Å². The van der Waals surface area contributed by atoms with Crippen LogP contribution in [-0.4, -0.2) is 33.3 Å². The molecule has 1 unspecified atom stereocenters. The molecule has 1 aliphatic heterocycles. The highest BCUT2D eigenvalue weighted by molar-refractivity contribution is 7.97. The summed E-state index contributed by atoms with van der Waals surface area (Å²) in [5.41, 5.74) is 3.68. The monoisotopic (exact) mass is 491 g/mol. The minimum atomic E-state index is -4.21. The number of amides is 1. The van der Waals surface area contributed by atoms with Gasteiger partial charge < -0.3 is 4.90 Å². The van der Waals surface area contributed by atoms with Gasteiger partial charge >= 0.3 is 0 Å². The normalized spacial score (nSPS) is 18.2. The van der Waals surface area contributed by atoms with Crippen LogP contribution >= 0.6 is 0 Å². The zero-order chi connectivity index (χ0) is 25.5. The average molecular weight is 492 g/mol. The fourth-order valence-corrected chi connectivity index (χ4v) is 5.90. The number of nitro groups is 1. The molecule has 3 aromatic carbocycles. The summed E-state index contributed by atoms with van der Waals surface area (Å²) in [5, 5.41) is 9.94. The molecule has 1 fully saturated rings. The molecule has 0 aliphatic carbocycles. The number of aryl methyl sites for hydroxylation is 2.